The molecule has 6 heteroatoms. The van der Waals surface area contributed by atoms with E-state index in [0.29, 0.717) is 6.42 Å². The Morgan fingerprint density at radius 1 is 0.966 bits per heavy atom. The lowest BCUT2D eigenvalue weighted by atomic mass is 10.0. The summed E-state index contributed by atoms with van der Waals surface area (Å²) < 4.78 is 1.51. The second-order valence-corrected chi connectivity index (χ2v) is 7.19. The molecule has 142 valence electrons. The Balaban J connectivity index is 1.39. The Hall–Kier alpha value is -3.80. The van der Waals surface area contributed by atoms with E-state index in [0.717, 1.165) is 17.7 Å². The Morgan fingerprint density at radius 2 is 1.76 bits per heavy atom. The van der Waals surface area contributed by atoms with Gasteiger partial charge in [-0.15, -0.1) is 5.10 Å². The molecule has 0 fully saturated rings. The van der Waals surface area contributed by atoms with Crippen molar-refractivity contribution in [1.82, 2.24) is 20.2 Å². The van der Waals surface area contributed by atoms with Crippen LogP contribution in [0.5, 0.6) is 0 Å². The number of nitrogens with zero attached hydrogens (tertiary/aromatic N) is 4. The third-order valence-electron chi connectivity index (χ3n) is 5.32. The number of tetrazole rings is 1. The van der Waals surface area contributed by atoms with E-state index >= 15 is 0 Å². The molecule has 1 aliphatic carbocycles. The zero-order valence-electron chi connectivity index (χ0n) is 15.7. The van der Waals surface area contributed by atoms with Gasteiger partial charge in [0.2, 0.25) is 5.91 Å². The van der Waals surface area contributed by atoms with Gasteiger partial charge in [-0.25, -0.2) is 4.68 Å². The van der Waals surface area contributed by atoms with Crippen LogP contribution in [-0.4, -0.2) is 26.1 Å². The van der Waals surface area contributed by atoms with Gasteiger partial charge in [-0.3, -0.25) is 4.79 Å². The largest absolute Gasteiger partial charge is 0.324 e. The van der Waals surface area contributed by atoms with Crippen LogP contribution in [0.3, 0.4) is 0 Å². The maximum atomic E-state index is 13.1. The summed E-state index contributed by atoms with van der Waals surface area (Å²) in [6.07, 6.45) is 2.87. The number of hydrogen-bond donors (Lipinski definition) is 1. The van der Waals surface area contributed by atoms with Crippen LogP contribution in [-0.2, 0) is 17.6 Å². The lowest BCUT2D eigenvalue weighted by Gasteiger charge is -2.17. The summed E-state index contributed by atoms with van der Waals surface area (Å²) >= 11 is 0. The number of benzene rings is 3. The van der Waals surface area contributed by atoms with Crippen molar-refractivity contribution >= 4 is 11.6 Å². The van der Waals surface area contributed by atoms with E-state index in [-0.39, 0.29) is 5.91 Å². The number of fused-ring (bicyclic) bond motifs is 3. The average Bonchev–Trinajstić information content (AvgIpc) is 3.40. The van der Waals surface area contributed by atoms with Gasteiger partial charge in [0.05, 0.1) is 0 Å². The fourth-order valence-electron chi connectivity index (χ4n) is 3.90. The van der Waals surface area contributed by atoms with Crippen molar-refractivity contribution in [1.29, 1.82) is 0 Å². The molecule has 4 aromatic rings. The molecular weight excluding hydrogens is 362 g/mol. The molecule has 0 spiro atoms. The number of amides is 1. The van der Waals surface area contributed by atoms with Gasteiger partial charge in [0.1, 0.15) is 12.4 Å². The lowest BCUT2D eigenvalue weighted by molar-refractivity contribution is -0.119. The van der Waals surface area contributed by atoms with Gasteiger partial charge in [0.15, 0.2) is 0 Å². The molecule has 1 N–H and O–H groups in total. The van der Waals surface area contributed by atoms with Gasteiger partial charge in [-0.1, -0.05) is 60.7 Å². The Labute approximate surface area is 168 Å². The number of carbonyl (C=O) groups is 1. The normalized spacial score (nSPS) is 12.8. The molecular formula is C23H19N5O. The third kappa shape index (κ3) is 3.40. The molecule has 1 heterocycles. The summed E-state index contributed by atoms with van der Waals surface area (Å²) in [4.78, 5) is 13.1. The van der Waals surface area contributed by atoms with Gasteiger partial charge >= 0.3 is 0 Å². The first-order valence-electron chi connectivity index (χ1n) is 9.56. The molecule has 0 saturated heterocycles. The Bertz CT molecular complexity index is 1160. The van der Waals surface area contributed by atoms with E-state index in [9.17, 15) is 4.79 Å². The number of nitrogens with one attached hydrogen (secondary N) is 1. The molecule has 0 radical (unpaired) electrons. The highest BCUT2D eigenvalue weighted by Crippen LogP contribution is 2.37. The lowest BCUT2D eigenvalue weighted by Crippen LogP contribution is -2.28. The summed E-state index contributed by atoms with van der Waals surface area (Å²) in [7, 11) is 0. The fraction of sp³-hybridized carbons (Fsp3) is 0.130. The predicted molar refractivity (Wildman–Crippen MR) is 110 cm³/mol. The molecule has 0 bridgehead atoms. The van der Waals surface area contributed by atoms with E-state index in [1.165, 1.54) is 33.3 Å². The van der Waals surface area contributed by atoms with Gasteiger partial charge in [-0.2, -0.15) is 0 Å². The number of hydrogen-bond acceptors (Lipinski definition) is 4. The summed E-state index contributed by atoms with van der Waals surface area (Å²) in [6, 6.07) is 23.9. The minimum Gasteiger partial charge on any atom is -0.324 e. The van der Waals surface area contributed by atoms with Crippen LogP contribution in [0.2, 0.25) is 0 Å². The first-order valence-corrected chi connectivity index (χ1v) is 9.56. The Morgan fingerprint density at radius 3 is 2.59 bits per heavy atom. The van der Waals surface area contributed by atoms with Crippen molar-refractivity contribution in [2.24, 2.45) is 0 Å². The molecule has 6 nitrogen and oxygen atoms in total. The number of anilines is 1. The van der Waals surface area contributed by atoms with Crippen LogP contribution in [0.1, 0.15) is 22.7 Å². The van der Waals surface area contributed by atoms with Crippen LogP contribution in [0, 0.1) is 0 Å². The predicted octanol–water partition coefficient (Wildman–Crippen LogP) is 3.67. The van der Waals surface area contributed by atoms with Crippen LogP contribution in [0.4, 0.5) is 5.69 Å². The number of carbonyl (C=O) groups excluding carboxylic acids is 1. The third-order valence-corrected chi connectivity index (χ3v) is 5.32. The van der Waals surface area contributed by atoms with Crippen LogP contribution in [0.15, 0.2) is 79.1 Å². The van der Waals surface area contributed by atoms with Crippen molar-refractivity contribution in [3.05, 3.63) is 95.8 Å². The highest BCUT2D eigenvalue weighted by atomic mass is 16.2. The second kappa shape index (κ2) is 7.31. The van der Waals surface area contributed by atoms with E-state index in [2.05, 4.69) is 57.2 Å². The highest BCUT2D eigenvalue weighted by molar-refractivity contribution is 5.94. The van der Waals surface area contributed by atoms with Gasteiger partial charge < -0.3 is 5.32 Å². The fourth-order valence-corrected chi connectivity index (χ4v) is 3.90. The van der Waals surface area contributed by atoms with Crippen molar-refractivity contribution in [2.45, 2.75) is 18.9 Å². The van der Waals surface area contributed by atoms with E-state index in [1.807, 2.05) is 36.4 Å². The minimum absolute atomic E-state index is 0.142. The SMILES string of the molecule is O=C(Nc1ccc2c(c1)Cc1ccccc1-2)[C@@H](Cc1ccccc1)n1cnnn1. The van der Waals surface area contributed by atoms with E-state index < -0.39 is 6.04 Å². The molecule has 1 amide bonds. The van der Waals surface area contributed by atoms with Crippen molar-refractivity contribution in [3.63, 3.8) is 0 Å². The summed E-state index contributed by atoms with van der Waals surface area (Å²) in [5.74, 6) is -0.142. The topological polar surface area (TPSA) is 72.7 Å². The zero-order chi connectivity index (χ0) is 19.6. The molecule has 0 unspecified atom stereocenters. The van der Waals surface area contributed by atoms with Gasteiger partial charge in [0.25, 0.3) is 0 Å². The molecule has 0 aliphatic heterocycles. The molecule has 1 aliphatic rings. The van der Waals surface area contributed by atoms with Crippen molar-refractivity contribution in [3.8, 4) is 11.1 Å². The maximum Gasteiger partial charge on any atom is 0.249 e. The molecule has 3 aromatic carbocycles. The van der Waals surface area contributed by atoms with Crippen LogP contribution >= 0.6 is 0 Å². The van der Waals surface area contributed by atoms with Gasteiger partial charge in [-0.05, 0) is 56.8 Å². The van der Waals surface area contributed by atoms with Crippen molar-refractivity contribution in [2.75, 3.05) is 5.32 Å². The summed E-state index contributed by atoms with van der Waals surface area (Å²) in [5.41, 5.74) is 6.89. The summed E-state index contributed by atoms with van der Waals surface area (Å²) in [5, 5.41) is 14.4. The van der Waals surface area contributed by atoms with Gasteiger partial charge in [0, 0.05) is 12.1 Å². The van der Waals surface area contributed by atoms with E-state index in [4.69, 9.17) is 0 Å². The molecule has 0 saturated carbocycles. The first kappa shape index (κ1) is 17.3. The molecule has 1 aromatic heterocycles. The first-order chi connectivity index (χ1) is 14.3. The quantitative estimate of drug-likeness (QED) is 0.504. The number of rotatable bonds is 5. The van der Waals surface area contributed by atoms with Crippen LogP contribution < -0.4 is 5.32 Å². The Kier molecular flexibility index (Phi) is 4.37. The van der Waals surface area contributed by atoms with Crippen LogP contribution in [0.25, 0.3) is 11.1 Å². The molecule has 5 rings (SSSR count). The summed E-state index contributed by atoms with van der Waals surface area (Å²) in [6.45, 7) is 0. The monoisotopic (exact) mass is 381 g/mol. The number of aromatic nitrogens is 4. The molecule has 29 heavy (non-hydrogen) atoms. The molecule has 1 atom stereocenters. The minimum atomic E-state index is -0.530. The maximum absolute atomic E-state index is 13.1. The average molecular weight is 381 g/mol. The second-order valence-electron chi connectivity index (χ2n) is 7.19. The smallest absolute Gasteiger partial charge is 0.249 e. The van der Waals surface area contributed by atoms with Crippen molar-refractivity contribution < 1.29 is 4.79 Å². The highest BCUT2D eigenvalue weighted by Gasteiger charge is 2.24. The zero-order valence-corrected chi connectivity index (χ0v) is 15.7. The van der Waals surface area contributed by atoms with E-state index in [1.54, 1.807) is 0 Å². The standard InChI is InChI=1S/C23H19N5O/c29-23(22(28-15-24-26-27-28)12-16-6-2-1-3-7-16)25-19-10-11-21-18(14-19)13-17-8-4-5-9-20(17)21/h1-11,14-15,22H,12-13H2,(H,25,29)/t22-/m1/s1.